The van der Waals surface area contributed by atoms with Crippen LogP contribution < -0.4 is 5.73 Å². The van der Waals surface area contributed by atoms with Crippen molar-refractivity contribution in [1.82, 2.24) is 20.2 Å². The third-order valence-corrected chi connectivity index (χ3v) is 3.79. The molecular weight excluding hydrogens is 254 g/mol. The fourth-order valence-corrected chi connectivity index (χ4v) is 2.64. The SMILES string of the molecule is COC(=O)C(C)(N)CCSc1nnnn1C1CC1. The monoisotopic (exact) mass is 271 g/mol. The summed E-state index contributed by atoms with van der Waals surface area (Å²) in [6.07, 6.45) is 2.78. The van der Waals surface area contributed by atoms with Crippen molar-refractivity contribution in [3.63, 3.8) is 0 Å². The van der Waals surface area contributed by atoms with Crippen LogP contribution in [0.2, 0.25) is 0 Å². The maximum atomic E-state index is 11.4. The molecule has 1 fully saturated rings. The summed E-state index contributed by atoms with van der Waals surface area (Å²) < 4.78 is 6.50. The molecule has 0 saturated heterocycles. The smallest absolute Gasteiger partial charge is 0.325 e. The van der Waals surface area contributed by atoms with Gasteiger partial charge in [0.25, 0.3) is 0 Å². The van der Waals surface area contributed by atoms with Gasteiger partial charge in [0, 0.05) is 5.75 Å². The van der Waals surface area contributed by atoms with Crippen molar-refractivity contribution < 1.29 is 9.53 Å². The van der Waals surface area contributed by atoms with Gasteiger partial charge in [-0.05, 0) is 36.6 Å². The molecule has 1 aliphatic carbocycles. The molecule has 18 heavy (non-hydrogen) atoms. The third kappa shape index (κ3) is 2.99. The minimum Gasteiger partial charge on any atom is -0.468 e. The summed E-state index contributed by atoms with van der Waals surface area (Å²) in [6, 6.07) is 0.451. The number of nitrogens with two attached hydrogens (primary N) is 1. The molecule has 2 N–H and O–H groups in total. The summed E-state index contributed by atoms with van der Waals surface area (Å²) in [5.74, 6) is 0.278. The lowest BCUT2D eigenvalue weighted by molar-refractivity contribution is -0.146. The first kappa shape index (κ1) is 13.3. The Morgan fingerprint density at radius 2 is 2.39 bits per heavy atom. The molecule has 2 rings (SSSR count). The number of ether oxygens (including phenoxy) is 1. The van der Waals surface area contributed by atoms with Gasteiger partial charge in [0.05, 0.1) is 13.2 Å². The van der Waals surface area contributed by atoms with Gasteiger partial charge in [-0.2, -0.15) is 0 Å². The Morgan fingerprint density at radius 1 is 1.67 bits per heavy atom. The highest BCUT2D eigenvalue weighted by atomic mass is 32.2. The minimum atomic E-state index is -0.959. The van der Waals surface area contributed by atoms with Gasteiger partial charge >= 0.3 is 5.97 Å². The van der Waals surface area contributed by atoms with Crippen molar-refractivity contribution in [2.45, 2.75) is 42.9 Å². The molecule has 1 saturated carbocycles. The number of carbonyl (C=O) groups excluding carboxylic acids is 1. The van der Waals surface area contributed by atoms with E-state index in [1.54, 1.807) is 6.92 Å². The van der Waals surface area contributed by atoms with E-state index in [0.717, 1.165) is 18.0 Å². The number of hydrogen-bond acceptors (Lipinski definition) is 7. The van der Waals surface area contributed by atoms with Crippen LogP contribution in [0.4, 0.5) is 0 Å². The number of methoxy groups -OCH3 is 1. The van der Waals surface area contributed by atoms with E-state index in [1.807, 2.05) is 4.68 Å². The largest absolute Gasteiger partial charge is 0.468 e. The Kier molecular flexibility index (Phi) is 3.86. The average Bonchev–Trinajstić information content (AvgIpc) is 3.08. The number of thioether (sulfide) groups is 1. The van der Waals surface area contributed by atoms with Gasteiger partial charge in [0.15, 0.2) is 0 Å². The predicted molar refractivity (Wildman–Crippen MR) is 66.0 cm³/mol. The molecule has 0 aliphatic heterocycles. The fourth-order valence-electron chi connectivity index (χ4n) is 1.52. The van der Waals surface area contributed by atoms with Crippen LogP contribution in [0.25, 0.3) is 0 Å². The predicted octanol–water partition coefficient (Wildman–Crippen LogP) is 0.381. The maximum absolute atomic E-state index is 11.4. The first-order valence-corrected chi connectivity index (χ1v) is 6.81. The lowest BCUT2D eigenvalue weighted by atomic mass is 10.0. The van der Waals surface area contributed by atoms with Crippen LogP contribution in [-0.2, 0) is 9.53 Å². The van der Waals surface area contributed by atoms with Crippen molar-refractivity contribution in [3.05, 3.63) is 0 Å². The molecular formula is C10H17N5O2S. The van der Waals surface area contributed by atoms with Gasteiger partial charge in [-0.15, -0.1) is 5.10 Å². The van der Waals surface area contributed by atoms with Crippen molar-refractivity contribution in [2.75, 3.05) is 12.9 Å². The van der Waals surface area contributed by atoms with E-state index in [-0.39, 0.29) is 0 Å². The molecule has 1 aliphatic rings. The number of rotatable bonds is 6. The average molecular weight is 271 g/mol. The summed E-state index contributed by atoms with van der Waals surface area (Å²) in [5.41, 5.74) is 4.92. The van der Waals surface area contributed by atoms with Crippen LogP contribution in [0, 0.1) is 0 Å². The van der Waals surface area contributed by atoms with Gasteiger partial charge in [-0.25, -0.2) is 4.68 Å². The Bertz CT molecular complexity index is 430. The quantitative estimate of drug-likeness (QED) is 0.590. The first-order chi connectivity index (χ1) is 8.54. The van der Waals surface area contributed by atoms with Gasteiger partial charge in [-0.3, -0.25) is 4.79 Å². The highest BCUT2D eigenvalue weighted by Crippen LogP contribution is 2.36. The lowest BCUT2D eigenvalue weighted by Gasteiger charge is -2.20. The van der Waals surface area contributed by atoms with E-state index in [2.05, 4.69) is 20.3 Å². The zero-order valence-electron chi connectivity index (χ0n) is 10.5. The fraction of sp³-hybridized carbons (Fsp3) is 0.800. The molecule has 0 spiro atoms. The minimum absolute atomic E-state index is 0.398. The van der Waals surface area contributed by atoms with Crippen LogP contribution in [0.1, 0.15) is 32.2 Å². The van der Waals surface area contributed by atoms with E-state index in [9.17, 15) is 4.79 Å². The molecule has 100 valence electrons. The first-order valence-electron chi connectivity index (χ1n) is 5.82. The third-order valence-electron chi connectivity index (χ3n) is 2.86. The highest BCUT2D eigenvalue weighted by Gasteiger charge is 2.30. The molecule has 1 heterocycles. The molecule has 1 atom stereocenters. The van der Waals surface area contributed by atoms with Crippen LogP contribution in [0.5, 0.6) is 0 Å². The molecule has 0 radical (unpaired) electrons. The van der Waals surface area contributed by atoms with Gasteiger partial charge in [-0.1, -0.05) is 11.8 Å². The van der Waals surface area contributed by atoms with Crippen LogP contribution in [0.15, 0.2) is 5.16 Å². The van der Waals surface area contributed by atoms with E-state index in [4.69, 9.17) is 5.73 Å². The molecule has 0 amide bonds. The van der Waals surface area contributed by atoms with Gasteiger partial charge in [0.1, 0.15) is 5.54 Å². The number of carbonyl (C=O) groups is 1. The van der Waals surface area contributed by atoms with E-state index in [1.165, 1.54) is 18.9 Å². The van der Waals surface area contributed by atoms with E-state index >= 15 is 0 Å². The Hall–Kier alpha value is -1.15. The van der Waals surface area contributed by atoms with Crippen LogP contribution in [-0.4, -0.2) is 44.6 Å². The Balaban J connectivity index is 1.84. The summed E-state index contributed by atoms with van der Waals surface area (Å²) in [4.78, 5) is 11.4. The zero-order valence-corrected chi connectivity index (χ0v) is 11.3. The van der Waals surface area contributed by atoms with Crippen molar-refractivity contribution in [2.24, 2.45) is 5.73 Å². The molecule has 0 bridgehead atoms. The molecule has 1 unspecified atom stereocenters. The number of tetrazole rings is 1. The molecule has 1 aromatic rings. The summed E-state index contributed by atoms with van der Waals surface area (Å²) in [5, 5.41) is 12.4. The normalized spacial score (nSPS) is 18.4. The Morgan fingerprint density at radius 3 is 3.00 bits per heavy atom. The van der Waals surface area contributed by atoms with Gasteiger partial charge < -0.3 is 10.5 Å². The van der Waals surface area contributed by atoms with Gasteiger partial charge in [0.2, 0.25) is 5.16 Å². The molecule has 7 nitrogen and oxygen atoms in total. The number of nitrogens with zero attached hydrogens (tertiary/aromatic N) is 4. The lowest BCUT2D eigenvalue weighted by Crippen LogP contribution is -2.46. The summed E-state index contributed by atoms with van der Waals surface area (Å²) in [6.45, 7) is 1.67. The van der Waals surface area contributed by atoms with E-state index < -0.39 is 11.5 Å². The number of hydrogen-bond donors (Lipinski definition) is 1. The van der Waals surface area contributed by atoms with Crippen molar-refractivity contribution in [3.8, 4) is 0 Å². The summed E-state index contributed by atoms with van der Waals surface area (Å²) in [7, 11) is 1.34. The van der Waals surface area contributed by atoms with E-state index in [0.29, 0.717) is 18.2 Å². The number of aromatic nitrogens is 4. The molecule has 8 heteroatoms. The second-order valence-electron chi connectivity index (χ2n) is 4.64. The number of esters is 1. The van der Waals surface area contributed by atoms with Crippen LogP contribution >= 0.6 is 11.8 Å². The topological polar surface area (TPSA) is 95.9 Å². The Labute approximate surface area is 109 Å². The second kappa shape index (κ2) is 5.23. The second-order valence-corrected chi connectivity index (χ2v) is 5.71. The standard InChI is InChI=1S/C10H17N5O2S/c1-10(11,8(16)17-2)5-6-18-9-12-13-14-15(9)7-3-4-7/h7H,3-6,11H2,1-2H3. The maximum Gasteiger partial charge on any atom is 0.325 e. The zero-order chi connectivity index (χ0) is 13.2. The highest BCUT2D eigenvalue weighted by molar-refractivity contribution is 7.99. The molecule has 0 aromatic carbocycles. The van der Waals surface area contributed by atoms with Crippen LogP contribution in [0.3, 0.4) is 0 Å². The van der Waals surface area contributed by atoms with Crippen molar-refractivity contribution >= 4 is 17.7 Å². The summed E-state index contributed by atoms with van der Waals surface area (Å²) >= 11 is 1.52. The molecule has 1 aromatic heterocycles. The van der Waals surface area contributed by atoms with Crippen molar-refractivity contribution in [1.29, 1.82) is 0 Å².